The summed E-state index contributed by atoms with van der Waals surface area (Å²) in [4.78, 5) is 21.6. The number of carboxylic acids is 1. The van der Waals surface area contributed by atoms with Gasteiger partial charge in [0.25, 0.3) is 0 Å². The molecule has 18 heavy (non-hydrogen) atoms. The SMILES string of the molecule is O=C(O)CCSCC(=O)Nc1cc(F)cc(F)c1. The van der Waals surface area contributed by atoms with Gasteiger partial charge < -0.3 is 10.4 Å². The van der Waals surface area contributed by atoms with Crippen LogP contribution in [-0.4, -0.2) is 28.5 Å². The standard InChI is InChI=1S/C11H11F2NO3S/c12-7-3-8(13)5-9(4-7)14-10(15)6-18-2-1-11(16)17/h3-5H,1-2,6H2,(H,14,15)(H,16,17). The molecule has 1 aromatic rings. The lowest BCUT2D eigenvalue weighted by atomic mass is 10.3. The first-order chi connectivity index (χ1) is 8.47. The average molecular weight is 275 g/mol. The van der Waals surface area contributed by atoms with Crippen LogP contribution in [0, 0.1) is 11.6 Å². The number of hydrogen-bond donors (Lipinski definition) is 2. The van der Waals surface area contributed by atoms with E-state index in [1.807, 2.05) is 0 Å². The van der Waals surface area contributed by atoms with Gasteiger partial charge in [-0.2, -0.15) is 11.8 Å². The maximum absolute atomic E-state index is 12.8. The van der Waals surface area contributed by atoms with Gasteiger partial charge in [0.2, 0.25) is 5.91 Å². The zero-order valence-electron chi connectivity index (χ0n) is 9.28. The van der Waals surface area contributed by atoms with Gasteiger partial charge in [-0.15, -0.1) is 0 Å². The molecule has 0 bridgehead atoms. The number of rotatable bonds is 6. The van der Waals surface area contributed by atoms with Crippen molar-refractivity contribution in [3.05, 3.63) is 29.8 Å². The first-order valence-electron chi connectivity index (χ1n) is 5.03. The predicted octanol–water partition coefficient (Wildman–Crippen LogP) is 2.11. The molecule has 7 heteroatoms. The third-order valence-corrected chi connectivity index (χ3v) is 2.80. The van der Waals surface area contributed by atoms with Crippen LogP contribution >= 0.6 is 11.8 Å². The zero-order valence-corrected chi connectivity index (χ0v) is 10.1. The maximum Gasteiger partial charge on any atom is 0.304 e. The van der Waals surface area contributed by atoms with Gasteiger partial charge >= 0.3 is 5.97 Å². The van der Waals surface area contributed by atoms with Crippen LogP contribution in [0.2, 0.25) is 0 Å². The number of hydrogen-bond acceptors (Lipinski definition) is 3. The van der Waals surface area contributed by atoms with Crippen molar-refractivity contribution in [1.29, 1.82) is 0 Å². The summed E-state index contributed by atoms with van der Waals surface area (Å²) in [5.41, 5.74) is 0.0383. The van der Waals surface area contributed by atoms with E-state index in [2.05, 4.69) is 5.32 Å². The predicted molar refractivity (Wildman–Crippen MR) is 64.6 cm³/mol. The molecular weight excluding hydrogens is 264 g/mol. The number of amides is 1. The Morgan fingerprint density at radius 2 is 1.83 bits per heavy atom. The molecule has 0 atom stereocenters. The first-order valence-corrected chi connectivity index (χ1v) is 6.18. The lowest BCUT2D eigenvalue weighted by Crippen LogP contribution is -2.15. The number of benzene rings is 1. The highest BCUT2D eigenvalue weighted by Crippen LogP contribution is 2.13. The molecule has 0 heterocycles. The molecule has 0 aliphatic heterocycles. The average Bonchev–Trinajstić information content (AvgIpc) is 2.22. The number of thioether (sulfide) groups is 1. The molecule has 1 aromatic carbocycles. The zero-order chi connectivity index (χ0) is 13.5. The van der Waals surface area contributed by atoms with Gasteiger partial charge in [0.15, 0.2) is 0 Å². The fourth-order valence-electron chi connectivity index (χ4n) is 1.15. The van der Waals surface area contributed by atoms with Gasteiger partial charge in [0, 0.05) is 17.5 Å². The Hall–Kier alpha value is -1.63. The summed E-state index contributed by atoms with van der Waals surface area (Å²) in [5, 5.41) is 10.7. The van der Waals surface area contributed by atoms with E-state index in [1.54, 1.807) is 0 Å². The van der Waals surface area contributed by atoms with Crippen LogP contribution in [0.25, 0.3) is 0 Å². The molecule has 0 fully saturated rings. The molecule has 0 aliphatic rings. The van der Waals surface area contributed by atoms with E-state index in [9.17, 15) is 18.4 Å². The number of carboxylic acid groups (broad SMARTS) is 1. The van der Waals surface area contributed by atoms with Crippen molar-refractivity contribution in [2.24, 2.45) is 0 Å². The lowest BCUT2D eigenvalue weighted by Gasteiger charge is -2.05. The van der Waals surface area contributed by atoms with Crippen LogP contribution in [0.4, 0.5) is 14.5 Å². The van der Waals surface area contributed by atoms with Crippen molar-refractivity contribution in [2.45, 2.75) is 6.42 Å². The fraction of sp³-hybridized carbons (Fsp3) is 0.273. The summed E-state index contributed by atoms with van der Waals surface area (Å²) in [7, 11) is 0. The Bertz CT molecular complexity index is 434. The molecule has 0 saturated carbocycles. The topological polar surface area (TPSA) is 66.4 Å². The number of carbonyl (C=O) groups excluding carboxylic acids is 1. The van der Waals surface area contributed by atoms with Crippen molar-refractivity contribution >= 4 is 29.3 Å². The smallest absolute Gasteiger partial charge is 0.304 e. The van der Waals surface area contributed by atoms with E-state index in [1.165, 1.54) is 0 Å². The molecule has 1 rings (SSSR count). The molecular formula is C11H11F2NO3S. The van der Waals surface area contributed by atoms with E-state index in [0.717, 1.165) is 23.9 Å². The Morgan fingerprint density at radius 1 is 1.22 bits per heavy atom. The summed E-state index contributed by atoms with van der Waals surface area (Å²) in [5.74, 6) is -2.58. The lowest BCUT2D eigenvalue weighted by molar-refractivity contribution is -0.136. The minimum atomic E-state index is -0.935. The highest BCUT2D eigenvalue weighted by Gasteiger charge is 2.06. The minimum Gasteiger partial charge on any atom is -0.481 e. The van der Waals surface area contributed by atoms with Gasteiger partial charge in [-0.05, 0) is 12.1 Å². The maximum atomic E-state index is 12.8. The Balaban J connectivity index is 2.37. The number of carbonyl (C=O) groups is 2. The van der Waals surface area contributed by atoms with Crippen LogP contribution in [0.5, 0.6) is 0 Å². The third kappa shape index (κ3) is 5.62. The molecule has 0 spiro atoms. The molecule has 0 aromatic heterocycles. The fourth-order valence-corrected chi connectivity index (χ4v) is 1.87. The number of anilines is 1. The van der Waals surface area contributed by atoms with E-state index >= 15 is 0 Å². The van der Waals surface area contributed by atoms with Crippen molar-refractivity contribution < 1.29 is 23.5 Å². The minimum absolute atomic E-state index is 0.0331. The summed E-state index contributed by atoms with van der Waals surface area (Å²) >= 11 is 1.14. The van der Waals surface area contributed by atoms with Crippen LogP contribution in [0.15, 0.2) is 18.2 Å². The molecule has 2 N–H and O–H groups in total. The molecule has 0 aliphatic carbocycles. The largest absolute Gasteiger partial charge is 0.481 e. The normalized spacial score (nSPS) is 10.1. The van der Waals surface area contributed by atoms with Gasteiger partial charge in [-0.25, -0.2) is 8.78 Å². The number of halogens is 2. The van der Waals surface area contributed by atoms with E-state index in [0.29, 0.717) is 11.8 Å². The molecule has 4 nitrogen and oxygen atoms in total. The quantitative estimate of drug-likeness (QED) is 0.780. The third-order valence-electron chi connectivity index (χ3n) is 1.84. The van der Waals surface area contributed by atoms with Crippen molar-refractivity contribution in [2.75, 3.05) is 16.8 Å². The van der Waals surface area contributed by atoms with Gasteiger partial charge in [0.05, 0.1) is 12.2 Å². The summed E-state index contributed by atoms with van der Waals surface area (Å²) < 4.78 is 25.6. The molecule has 1 amide bonds. The summed E-state index contributed by atoms with van der Waals surface area (Å²) in [6.07, 6.45) is -0.0352. The Morgan fingerprint density at radius 3 is 2.39 bits per heavy atom. The summed E-state index contributed by atoms with van der Waals surface area (Å²) in [6.45, 7) is 0. The van der Waals surface area contributed by atoms with E-state index < -0.39 is 23.5 Å². The van der Waals surface area contributed by atoms with Crippen molar-refractivity contribution in [1.82, 2.24) is 0 Å². The van der Waals surface area contributed by atoms with Gasteiger partial charge in [-0.3, -0.25) is 9.59 Å². The van der Waals surface area contributed by atoms with Crippen molar-refractivity contribution in [3.63, 3.8) is 0 Å². The second-order valence-electron chi connectivity index (χ2n) is 3.40. The highest BCUT2D eigenvalue weighted by molar-refractivity contribution is 7.99. The molecule has 0 radical (unpaired) electrons. The van der Waals surface area contributed by atoms with Gasteiger partial charge in [0.1, 0.15) is 11.6 Å². The number of nitrogens with one attached hydrogen (secondary N) is 1. The Labute approximate surface area is 106 Å². The second-order valence-corrected chi connectivity index (χ2v) is 4.51. The summed E-state index contributed by atoms with van der Waals surface area (Å²) in [6, 6.07) is 2.71. The monoisotopic (exact) mass is 275 g/mol. The van der Waals surface area contributed by atoms with E-state index in [4.69, 9.17) is 5.11 Å². The molecule has 98 valence electrons. The highest BCUT2D eigenvalue weighted by atomic mass is 32.2. The van der Waals surface area contributed by atoms with E-state index in [-0.39, 0.29) is 17.9 Å². The van der Waals surface area contributed by atoms with Crippen LogP contribution in [0.1, 0.15) is 6.42 Å². The van der Waals surface area contributed by atoms with Crippen LogP contribution in [0.3, 0.4) is 0 Å². The van der Waals surface area contributed by atoms with Crippen LogP contribution < -0.4 is 5.32 Å². The number of aliphatic carboxylic acids is 1. The van der Waals surface area contributed by atoms with Gasteiger partial charge in [-0.1, -0.05) is 0 Å². The van der Waals surface area contributed by atoms with Crippen LogP contribution in [-0.2, 0) is 9.59 Å². The van der Waals surface area contributed by atoms with Crippen molar-refractivity contribution in [3.8, 4) is 0 Å². The molecule has 0 saturated heterocycles. The second kappa shape index (κ2) is 6.95. The Kier molecular flexibility index (Phi) is 5.57. The molecule has 0 unspecified atom stereocenters. The first kappa shape index (κ1) is 14.4.